The minimum absolute atomic E-state index is 0.234. The highest BCUT2D eigenvalue weighted by Crippen LogP contribution is 2.21. The highest BCUT2D eigenvalue weighted by Gasteiger charge is 2.19. The molecule has 0 saturated carbocycles. The van der Waals surface area contributed by atoms with E-state index in [-0.39, 0.29) is 5.92 Å². The van der Waals surface area contributed by atoms with Crippen molar-refractivity contribution >= 4 is 29.4 Å². The first-order valence-electron chi connectivity index (χ1n) is 7.21. The lowest BCUT2D eigenvalue weighted by Gasteiger charge is -2.10. The van der Waals surface area contributed by atoms with Crippen LogP contribution in [0.2, 0.25) is 0 Å². The molecule has 122 valence electrons. The maximum absolute atomic E-state index is 12.0. The van der Waals surface area contributed by atoms with Gasteiger partial charge < -0.3 is 5.32 Å². The summed E-state index contributed by atoms with van der Waals surface area (Å²) in [6.45, 7) is 5.69. The third-order valence-electron chi connectivity index (χ3n) is 2.95. The third kappa shape index (κ3) is 5.10. The zero-order valence-electron chi connectivity index (χ0n) is 13.2. The van der Waals surface area contributed by atoms with Crippen molar-refractivity contribution in [1.82, 2.24) is 20.5 Å². The number of benzene rings is 1. The first kappa shape index (κ1) is 17.0. The number of imide groups is 1. The van der Waals surface area contributed by atoms with Crippen molar-refractivity contribution in [1.29, 1.82) is 0 Å². The topological polar surface area (TPSA) is 99.8 Å². The number of rotatable bonds is 5. The van der Waals surface area contributed by atoms with Crippen LogP contribution < -0.4 is 10.6 Å². The number of carbonyl (C=O) groups excluding carboxylic acids is 2. The Bertz CT molecular complexity index is 672. The Morgan fingerprint density at radius 2 is 1.87 bits per heavy atom. The standard InChI is InChI=1S/C15H19N5O2S/c1-9(2)12-17-15(20-19-12)23-10(3)13(21)18-14(22)16-11-7-5-4-6-8-11/h4-10H,1-3H3,(H,17,19,20)(H2,16,18,21,22)/t10-/m1/s1. The van der Waals surface area contributed by atoms with Gasteiger partial charge in [-0.1, -0.05) is 43.8 Å². The number of amides is 3. The number of aromatic nitrogens is 3. The average molecular weight is 333 g/mol. The Hall–Kier alpha value is -2.35. The molecule has 23 heavy (non-hydrogen) atoms. The molecule has 1 aromatic heterocycles. The van der Waals surface area contributed by atoms with Crippen molar-refractivity contribution in [3.05, 3.63) is 36.2 Å². The van der Waals surface area contributed by atoms with Gasteiger partial charge in [0.1, 0.15) is 5.82 Å². The molecule has 0 spiro atoms. The molecule has 0 saturated heterocycles. The zero-order chi connectivity index (χ0) is 16.8. The van der Waals surface area contributed by atoms with Crippen LogP contribution in [0, 0.1) is 0 Å². The van der Waals surface area contributed by atoms with Crippen LogP contribution in [0.25, 0.3) is 0 Å². The second-order valence-electron chi connectivity index (χ2n) is 5.23. The molecule has 0 bridgehead atoms. The fourth-order valence-electron chi connectivity index (χ4n) is 1.68. The van der Waals surface area contributed by atoms with Crippen LogP contribution in [-0.2, 0) is 4.79 Å². The van der Waals surface area contributed by atoms with Crippen LogP contribution >= 0.6 is 11.8 Å². The second-order valence-corrected chi connectivity index (χ2v) is 6.54. The molecule has 7 nitrogen and oxygen atoms in total. The van der Waals surface area contributed by atoms with Gasteiger partial charge >= 0.3 is 6.03 Å². The molecule has 0 unspecified atom stereocenters. The molecule has 0 fully saturated rings. The van der Waals surface area contributed by atoms with Gasteiger partial charge in [-0.25, -0.2) is 9.78 Å². The molecular formula is C15H19N5O2S. The van der Waals surface area contributed by atoms with Gasteiger partial charge in [0.2, 0.25) is 11.1 Å². The molecule has 2 rings (SSSR count). The van der Waals surface area contributed by atoms with Gasteiger partial charge in [0.15, 0.2) is 0 Å². The molecule has 0 radical (unpaired) electrons. The predicted molar refractivity (Wildman–Crippen MR) is 89.4 cm³/mol. The summed E-state index contributed by atoms with van der Waals surface area (Å²) < 4.78 is 0. The molecule has 1 heterocycles. The third-order valence-corrected chi connectivity index (χ3v) is 3.91. The van der Waals surface area contributed by atoms with Crippen molar-refractivity contribution in [2.45, 2.75) is 37.1 Å². The number of nitrogens with one attached hydrogen (secondary N) is 3. The maximum Gasteiger partial charge on any atom is 0.325 e. The van der Waals surface area contributed by atoms with E-state index in [9.17, 15) is 9.59 Å². The summed E-state index contributed by atoms with van der Waals surface area (Å²) in [5.74, 6) is 0.596. The summed E-state index contributed by atoms with van der Waals surface area (Å²) in [5, 5.41) is 11.8. The number of para-hydroxylation sites is 1. The van der Waals surface area contributed by atoms with Crippen molar-refractivity contribution < 1.29 is 9.59 Å². The number of nitrogens with zero attached hydrogens (tertiary/aromatic N) is 2. The first-order valence-corrected chi connectivity index (χ1v) is 8.09. The smallest absolute Gasteiger partial charge is 0.308 e. The van der Waals surface area contributed by atoms with Crippen LogP contribution in [0.5, 0.6) is 0 Å². The molecule has 1 aromatic carbocycles. The van der Waals surface area contributed by atoms with Crippen molar-refractivity contribution in [3.8, 4) is 0 Å². The number of urea groups is 1. The van der Waals surface area contributed by atoms with E-state index in [0.29, 0.717) is 10.8 Å². The van der Waals surface area contributed by atoms with Gasteiger partial charge in [-0.05, 0) is 19.1 Å². The lowest BCUT2D eigenvalue weighted by atomic mass is 10.2. The van der Waals surface area contributed by atoms with E-state index in [4.69, 9.17) is 0 Å². The van der Waals surface area contributed by atoms with E-state index in [1.54, 1.807) is 31.2 Å². The summed E-state index contributed by atoms with van der Waals surface area (Å²) >= 11 is 1.19. The zero-order valence-corrected chi connectivity index (χ0v) is 14.0. The van der Waals surface area contributed by atoms with Gasteiger partial charge in [-0.15, -0.1) is 5.10 Å². The average Bonchev–Trinajstić information content (AvgIpc) is 2.96. The van der Waals surface area contributed by atoms with Crippen LogP contribution in [0.4, 0.5) is 10.5 Å². The highest BCUT2D eigenvalue weighted by atomic mass is 32.2. The normalized spacial score (nSPS) is 12.0. The summed E-state index contributed by atoms with van der Waals surface area (Å²) in [5.41, 5.74) is 0.619. The number of thioether (sulfide) groups is 1. The molecule has 0 aliphatic heterocycles. The second kappa shape index (κ2) is 7.77. The number of hydrogen-bond donors (Lipinski definition) is 3. The minimum Gasteiger partial charge on any atom is -0.308 e. The molecule has 8 heteroatoms. The molecule has 3 amide bonds. The van der Waals surface area contributed by atoms with Crippen molar-refractivity contribution in [2.75, 3.05) is 5.32 Å². The molecule has 0 aliphatic carbocycles. The SMILES string of the molecule is CC(C)c1nc(S[C@H](C)C(=O)NC(=O)Nc2ccccc2)n[nH]1. The Morgan fingerprint density at radius 3 is 2.48 bits per heavy atom. The van der Waals surface area contributed by atoms with E-state index in [1.807, 2.05) is 19.9 Å². The molecular weight excluding hydrogens is 314 g/mol. The number of hydrogen-bond acceptors (Lipinski definition) is 5. The Kier molecular flexibility index (Phi) is 5.75. The van der Waals surface area contributed by atoms with Gasteiger partial charge in [-0.2, -0.15) is 0 Å². The largest absolute Gasteiger partial charge is 0.325 e. The summed E-state index contributed by atoms with van der Waals surface area (Å²) in [4.78, 5) is 28.1. The van der Waals surface area contributed by atoms with Crippen LogP contribution in [0.1, 0.15) is 32.5 Å². The van der Waals surface area contributed by atoms with E-state index in [2.05, 4.69) is 25.8 Å². The van der Waals surface area contributed by atoms with E-state index >= 15 is 0 Å². The van der Waals surface area contributed by atoms with Gasteiger partial charge in [0, 0.05) is 11.6 Å². The lowest BCUT2D eigenvalue weighted by molar-refractivity contribution is -0.119. The Balaban J connectivity index is 1.85. The van der Waals surface area contributed by atoms with E-state index in [1.165, 1.54) is 11.8 Å². The first-order chi connectivity index (χ1) is 11.0. The number of aromatic amines is 1. The highest BCUT2D eigenvalue weighted by molar-refractivity contribution is 8.00. The van der Waals surface area contributed by atoms with Crippen molar-refractivity contribution in [2.24, 2.45) is 0 Å². The molecule has 0 aliphatic rings. The minimum atomic E-state index is -0.563. The number of anilines is 1. The molecule has 2 aromatic rings. The Morgan fingerprint density at radius 1 is 1.17 bits per heavy atom. The van der Waals surface area contributed by atoms with Gasteiger partial charge in [0.05, 0.1) is 5.25 Å². The molecule has 1 atom stereocenters. The fraction of sp³-hybridized carbons (Fsp3) is 0.333. The Labute approximate surface area is 138 Å². The predicted octanol–water partition coefficient (Wildman–Crippen LogP) is 2.76. The van der Waals surface area contributed by atoms with Crippen LogP contribution in [0.15, 0.2) is 35.5 Å². The maximum atomic E-state index is 12.0. The van der Waals surface area contributed by atoms with Crippen LogP contribution in [-0.4, -0.2) is 32.4 Å². The summed E-state index contributed by atoms with van der Waals surface area (Å²) in [6, 6.07) is 8.35. The number of H-pyrrole nitrogens is 1. The van der Waals surface area contributed by atoms with Gasteiger partial charge in [-0.3, -0.25) is 15.2 Å². The molecule has 3 N–H and O–H groups in total. The van der Waals surface area contributed by atoms with E-state index < -0.39 is 17.2 Å². The summed E-state index contributed by atoms with van der Waals surface area (Å²) in [7, 11) is 0. The lowest BCUT2D eigenvalue weighted by Crippen LogP contribution is -2.38. The number of carbonyl (C=O) groups is 2. The van der Waals surface area contributed by atoms with Gasteiger partial charge in [0.25, 0.3) is 0 Å². The monoisotopic (exact) mass is 333 g/mol. The van der Waals surface area contributed by atoms with E-state index in [0.717, 1.165) is 5.82 Å². The van der Waals surface area contributed by atoms with Crippen molar-refractivity contribution in [3.63, 3.8) is 0 Å². The summed E-state index contributed by atoms with van der Waals surface area (Å²) in [6.07, 6.45) is 0. The van der Waals surface area contributed by atoms with Crippen LogP contribution in [0.3, 0.4) is 0 Å². The fourth-order valence-corrected chi connectivity index (χ4v) is 2.41. The quantitative estimate of drug-likeness (QED) is 0.731.